The number of nitrogens with zero attached hydrogens (tertiary/aromatic N) is 2. The Morgan fingerprint density at radius 3 is 2.61 bits per heavy atom. The molecule has 144 valence electrons. The zero-order valence-corrected chi connectivity index (χ0v) is 15.3. The molecule has 1 heterocycles. The number of para-hydroxylation sites is 1. The van der Waals surface area contributed by atoms with Crippen LogP contribution in [0.25, 0.3) is 0 Å². The molecule has 28 heavy (non-hydrogen) atoms. The van der Waals surface area contributed by atoms with Crippen molar-refractivity contribution in [3.8, 4) is 5.75 Å². The fraction of sp³-hybridized carbons (Fsp3) is 0.150. The van der Waals surface area contributed by atoms with Crippen LogP contribution in [0, 0.1) is 18.6 Å². The summed E-state index contributed by atoms with van der Waals surface area (Å²) in [4.78, 5) is 20.8. The summed E-state index contributed by atoms with van der Waals surface area (Å²) in [5.41, 5.74) is 1.78. The van der Waals surface area contributed by atoms with Crippen LogP contribution in [0.1, 0.15) is 21.7 Å². The minimum absolute atomic E-state index is 0.105. The highest BCUT2D eigenvalue weighted by Crippen LogP contribution is 2.18. The highest BCUT2D eigenvalue weighted by atomic mass is 19.2. The van der Waals surface area contributed by atoms with Crippen LogP contribution in [0.15, 0.2) is 48.5 Å². The zero-order valence-electron chi connectivity index (χ0n) is 15.3. The van der Waals surface area contributed by atoms with E-state index < -0.39 is 17.5 Å². The lowest BCUT2D eigenvalue weighted by molar-refractivity contribution is 0.0945. The molecule has 0 aliphatic carbocycles. The molecule has 1 amide bonds. The van der Waals surface area contributed by atoms with E-state index in [4.69, 9.17) is 4.74 Å². The van der Waals surface area contributed by atoms with Crippen LogP contribution < -0.4 is 15.4 Å². The van der Waals surface area contributed by atoms with Crippen molar-refractivity contribution in [2.24, 2.45) is 0 Å². The predicted molar refractivity (Wildman–Crippen MR) is 101 cm³/mol. The molecule has 3 rings (SSSR count). The average Bonchev–Trinajstić information content (AvgIpc) is 2.68. The Bertz CT molecular complexity index is 1010. The van der Waals surface area contributed by atoms with Gasteiger partial charge in [0.1, 0.15) is 11.4 Å². The van der Waals surface area contributed by atoms with E-state index in [1.807, 2.05) is 18.2 Å². The normalized spacial score (nSPS) is 10.4. The first-order valence-electron chi connectivity index (χ1n) is 8.44. The molecule has 0 bridgehead atoms. The number of aromatic nitrogens is 2. The van der Waals surface area contributed by atoms with Crippen LogP contribution in [-0.2, 0) is 6.54 Å². The van der Waals surface area contributed by atoms with Crippen molar-refractivity contribution in [1.82, 2.24) is 15.3 Å². The Morgan fingerprint density at radius 2 is 1.86 bits per heavy atom. The summed E-state index contributed by atoms with van der Waals surface area (Å²) < 4.78 is 31.7. The molecule has 6 nitrogen and oxygen atoms in total. The van der Waals surface area contributed by atoms with Crippen molar-refractivity contribution in [2.45, 2.75) is 13.5 Å². The monoisotopic (exact) mass is 384 g/mol. The Kier molecular flexibility index (Phi) is 5.78. The maximum absolute atomic E-state index is 13.4. The largest absolute Gasteiger partial charge is 0.496 e. The van der Waals surface area contributed by atoms with Crippen molar-refractivity contribution < 1.29 is 18.3 Å². The molecule has 2 N–H and O–H groups in total. The topological polar surface area (TPSA) is 76.1 Å². The zero-order chi connectivity index (χ0) is 20.1. The number of halogens is 2. The Hall–Kier alpha value is -3.55. The van der Waals surface area contributed by atoms with E-state index in [-0.39, 0.29) is 23.9 Å². The molecule has 0 aliphatic rings. The second kappa shape index (κ2) is 8.43. The van der Waals surface area contributed by atoms with Crippen molar-refractivity contribution in [2.75, 3.05) is 12.4 Å². The molecule has 3 aromatic rings. The number of hydrogen-bond donors (Lipinski definition) is 2. The number of carbonyl (C=O) groups excluding carboxylic acids is 1. The van der Waals surface area contributed by atoms with E-state index in [0.29, 0.717) is 11.4 Å². The third-order valence-electron chi connectivity index (χ3n) is 3.89. The number of aryl methyl sites for hydroxylation is 1. The van der Waals surface area contributed by atoms with Crippen LogP contribution >= 0.6 is 0 Å². The molecule has 8 heteroatoms. The Labute approximate surface area is 160 Å². The van der Waals surface area contributed by atoms with Crippen LogP contribution in [0.4, 0.5) is 20.4 Å². The van der Waals surface area contributed by atoms with Gasteiger partial charge in [-0.3, -0.25) is 4.79 Å². The number of rotatable bonds is 6. The average molecular weight is 384 g/mol. The van der Waals surface area contributed by atoms with Gasteiger partial charge in [-0.2, -0.15) is 0 Å². The summed E-state index contributed by atoms with van der Waals surface area (Å²) in [6, 6.07) is 12.2. The number of nitrogens with one attached hydrogen (secondary N) is 2. The van der Waals surface area contributed by atoms with Crippen molar-refractivity contribution in [1.29, 1.82) is 0 Å². The molecule has 2 aromatic carbocycles. The first-order chi connectivity index (χ1) is 13.5. The van der Waals surface area contributed by atoms with E-state index in [9.17, 15) is 13.6 Å². The van der Waals surface area contributed by atoms with Crippen LogP contribution in [0.2, 0.25) is 0 Å². The van der Waals surface area contributed by atoms with Gasteiger partial charge in [-0.25, -0.2) is 18.7 Å². The number of benzene rings is 2. The predicted octanol–water partition coefficient (Wildman–Crippen LogP) is 3.75. The van der Waals surface area contributed by atoms with E-state index in [1.165, 1.54) is 12.1 Å². The Morgan fingerprint density at radius 1 is 1.07 bits per heavy atom. The summed E-state index contributed by atoms with van der Waals surface area (Å²) in [5.74, 6) is -1.57. The van der Waals surface area contributed by atoms with Gasteiger partial charge in [-0.05, 0) is 31.2 Å². The molecule has 0 aliphatic heterocycles. The second-order valence-corrected chi connectivity index (χ2v) is 5.97. The van der Waals surface area contributed by atoms with Gasteiger partial charge in [-0.1, -0.05) is 18.2 Å². The van der Waals surface area contributed by atoms with Crippen molar-refractivity contribution >= 4 is 17.5 Å². The lowest BCUT2D eigenvalue weighted by atomic mass is 10.2. The third kappa shape index (κ3) is 4.59. The third-order valence-corrected chi connectivity index (χ3v) is 3.89. The summed E-state index contributed by atoms with van der Waals surface area (Å²) in [5, 5.41) is 5.55. The highest BCUT2D eigenvalue weighted by Gasteiger charge is 2.12. The van der Waals surface area contributed by atoms with E-state index in [2.05, 4.69) is 20.6 Å². The lowest BCUT2D eigenvalue weighted by Gasteiger charge is -2.11. The summed E-state index contributed by atoms with van der Waals surface area (Å²) >= 11 is 0. The van der Waals surface area contributed by atoms with Gasteiger partial charge >= 0.3 is 0 Å². The Balaban J connectivity index is 1.74. The van der Waals surface area contributed by atoms with Gasteiger partial charge in [0.05, 0.1) is 7.11 Å². The number of anilines is 2. The minimum Gasteiger partial charge on any atom is -0.496 e. The first-order valence-corrected chi connectivity index (χ1v) is 8.44. The summed E-state index contributed by atoms with van der Waals surface area (Å²) in [7, 11) is 1.56. The van der Waals surface area contributed by atoms with Gasteiger partial charge in [0.25, 0.3) is 5.91 Å². The number of amides is 1. The highest BCUT2D eigenvalue weighted by molar-refractivity contribution is 5.92. The quantitative estimate of drug-likeness (QED) is 0.677. The number of ether oxygens (including phenoxy) is 1. The van der Waals surface area contributed by atoms with Gasteiger partial charge < -0.3 is 15.4 Å². The molecule has 0 fully saturated rings. The van der Waals surface area contributed by atoms with Crippen LogP contribution in [-0.4, -0.2) is 23.0 Å². The standard InChI is InChI=1S/C20H18F2N4O2/c1-12-9-17(19(27)23-11-13-5-3-4-6-18(13)28-2)26-20(24-12)25-14-7-8-15(21)16(22)10-14/h3-10H,11H2,1-2H3,(H,23,27)(H,24,25,26). The second-order valence-electron chi connectivity index (χ2n) is 5.97. The first kappa shape index (κ1) is 19.2. The minimum atomic E-state index is -0.993. The molecule has 1 aromatic heterocycles. The van der Waals surface area contributed by atoms with Gasteiger partial charge in [-0.15, -0.1) is 0 Å². The smallest absolute Gasteiger partial charge is 0.270 e. The molecule has 0 atom stereocenters. The van der Waals surface area contributed by atoms with Crippen LogP contribution in [0.5, 0.6) is 5.75 Å². The molecule has 0 radical (unpaired) electrons. The number of methoxy groups -OCH3 is 1. The molecule has 0 saturated heterocycles. The fourth-order valence-electron chi connectivity index (χ4n) is 2.56. The van der Waals surface area contributed by atoms with Gasteiger partial charge in [0.15, 0.2) is 11.6 Å². The molecule has 0 saturated carbocycles. The van der Waals surface area contributed by atoms with Gasteiger partial charge in [0.2, 0.25) is 5.95 Å². The van der Waals surface area contributed by atoms with Crippen LogP contribution in [0.3, 0.4) is 0 Å². The maximum atomic E-state index is 13.4. The molecular weight excluding hydrogens is 366 g/mol. The summed E-state index contributed by atoms with van der Waals surface area (Å²) in [6.45, 7) is 1.97. The van der Waals surface area contributed by atoms with Crippen molar-refractivity contribution in [3.63, 3.8) is 0 Å². The maximum Gasteiger partial charge on any atom is 0.270 e. The lowest BCUT2D eigenvalue weighted by Crippen LogP contribution is -2.24. The van der Waals surface area contributed by atoms with E-state index in [0.717, 1.165) is 17.7 Å². The number of carbonyl (C=O) groups is 1. The van der Waals surface area contributed by atoms with Crippen molar-refractivity contribution in [3.05, 3.63) is 77.1 Å². The molecule has 0 unspecified atom stereocenters. The SMILES string of the molecule is COc1ccccc1CNC(=O)c1cc(C)nc(Nc2ccc(F)c(F)c2)n1. The van der Waals surface area contributed by atoms with Gasteiger partial charge in [0, 0.05) is 29.6 Å². The fourth-order valence-corrected chi connectivity index (χ4v) is 2.56. The number of hydrogen-bond acceptors (Lipinski definition) is 5. The van der Waals surface area contributed by atoms with E-state index >= 15 is 0 Å². The molecular formula is C20H18F2N4O2. The summed E-state index contributed by atoms with van der Waals surface area (Å²) in [6.07, 6.45) is 0. The van der Waals surface area contributed by atoms with E-state index in [1.54, 1.807) is 20.1 Å². The molecule has 0 spiro atoms.